The van der Waals surface area contributed by atoms with E-state index in [9.17, 15) is 9.59 Å². The molecule has 0 aliphatic heterocycles. The van der Waals surface area contributed by atoms with E-state index in [2.05, 4.69) is 10.4 Å². The Bertz CT molecular complexity index is 1470. The summed E-state index contributed by atoms with van der Waals surface area (Å²) < 4.78 is 4.85. The highest BCUT2D eigenvalue weighted by molar-refractivity contribution is 7.09. The number of rotatable bonds is 6. The minimum atomic E-state index is -0.779. The number of amides is 1. The van der Waals surface area contributed by atoms with Crippen molar-refractivity contribution in [1.29, 1.82) is 0 Å². The van der Waals surface area contributed by atoms with Gasteiger partial charge in [-0.2, -0.15) is 10.2 Å². The van der Waals surface area contributed by atoms with Crippen LogP contribution in [0.5, 0.6) is 0 Å². The van der Waals surface area contributed by atoms with Crippen LogP contribution in [0.15, 0.2) is 77.2 Å². The second-order valence-electron chi connectivity index (χ2n) is 7.69. The monoisotopic (exact) mass is 458 g/mol. The van der Waals surface area contributed by atoms with Crippen molar-refractivity contribution in [3.8, 4) is 11.5 Å². The zero-order valence-corrected chi connectivity index (χ0v) is 19.0. The van der Waals surface area contributed by atoms with Crippen molar-refractivity contribution in [1.82, 2.24) is 29.4 Å². The summed E-state index contributed by atoms with van der Waals surface area (Å²) in [6, 6.07) is 16.5. The van der Waals surface area contributed by atoms with Crippen LogP contribution in [0.3, 0.4) is 0 Å². The number of carbonyl (C=O) groups is 1. The average molecular weight is 459 g/mol. The Labute approximate surface area is 193 Å². The molecule has 0 aliphatic rings. The summed E-state index contributed by atoms with van der Waals surface area (Å²) in [5, 5.41) is 14.5. The predicted molar refractivity (Wildman–Crippen MR) is 128 cm³/mol. The number of para-hydroxylation sites is 1. The van der Waals surface area contributed by atoms with Crippen LogP contribution in [0.4, 0.5) is 0 Å². The zero-order chi connectivity index (χ0) is 22.9. The molecule has 8 nitrogen and oxygen atoms in total. The van der Waals surface area contributed by atoms with E-state index in [1.165, 1.54) is 4.68 Å². The van der Waals surface area contributed by atoms with Crippen molar-refractivity contribution in [2.75, 3.05) is 0 Å². The molecule has 4 heterocycles. The van der Waals surface area contributed by atoms with Crippen LogP contribution >= 0.6 is 11.3 Å². The van der Waals surface area contributed by atoms with Crippen molar-refractivity contribution >= 4 is 28.1 Å². The van der Waals surface area contributed by atoms with Crippen LogP contribution < -0.4 is 10.9 Å². The molecule has 1 N–H and O–H groups in total. The van der Waals surface area contributed by atoms with Crippen LogP contribution in [0.2, 0.25) is 0 Å². The van der Waals surface area contributed by atoms with E-state index in [4.69, 9.17) is 5.10 Å². The fourth-order valence-electron chi connectivity index (χ4n) is 3.80. The van der Waals surface area contributed by atoms with E-state index in [1.807, 2.05) is 76.9 Å². The molecule has 0 aliphatic carbocycles. The van der Waals surface area contributed by atoms with Gasteiger partial charge in [0.2, 0.25) is 5.91 Å². The van der Waals surface area contributed by atoms with Gasteiger partial charge in [0.05, 0.1) is 17.9 Å². The molecule has 0 bridgehead atoms. The maximum atomic E-state index is 13.7. The van der Waals surface area contributed by atoms with E-state index < -0.39 is 6.04 Å². The third-order valence-electron chi connectivity index (χ3n) is 5.50. The molecule has 166 valence electrons. The van der Waals surface area contributed by atoms with Gasteiger partial charge in [-0.05, 0) is 49.6 Å². The van der Waals surface area contributed by atoms with Gasteiger partial charge in [0.1, 0.15) is 16.9 Å². The molecule has 0 saturated heterocycles. The van der Waals surface area contributed by atoms with E-state index in [0.717, 1.165) is 10.6 Å². The van der Waals surface area contributed by atoms with Gasteiger partial charge in [0, 0.05) is 17.3 Å². The number of fused-ring (bicyclic) bond motifs is 1. The van der Waals surface area contributed by atoms with Crippen LogP contribution in [0.1, 0.15) is 23.5 Å². The standard InChI is InChI=1S/C24H22N6O2S/c1-16-21-20(23(28-12-6-7-13-28)30(27-21)18-9-4-3-5-10-18)24(32)29(26-16)17(2)22(31)25-15-19-11-8-14-33-19/h3-14,17H,15H2,1-2H3,(H,25,31)/t17-/m0/s1. The molecule has 0 spiro atoms. The lowest BCUT2D eigenvalue weighted by Crippen LogP contribution is -2.37. The lowest BCUT2D eigenvalue weighted by Gasteiger charge is -2.15. The van der Waals surface area contributed by atoms with Gasteiger partial charge in [-0.15, -0.1) is 11.3 Å². The lowest BCUT2D eigenvalue weighted by atomic mass is 10.2. The first-order valence-electron chi connectivity index (χ1n) is 10.6. The summed E-state index contributed by atoms with van der Waals surface area (Å²) in [6.45, 7) is 3.90. The topological polar surface area (TPSA) is 86.7 Å². The van der Waals surface area contributed by atoms with Crippen LogP contribution in [-0.4, -0.2) is 30.0 Å². The first-order chi connectivity index (χ1) is 16.0. The molecule has 1 atom stereocenters. The first-order valence-corrected chi connectivity index (χ1v) is 11.4. The predicted octanol–water partition coefficient (Wildman–Crippen LogP) is 3.62. The smallest absolute Gasteiger partial charge is 0.280 e. The maximum Gasteiger partial charge on any atom is 0.280 e. The van der Waals surface area contributed by atoms with Crippen molar-refractivity contribution in [3.05, 3.63) is 93.3 Å². The van der Waals surface area contributed by atoms with Gasteiger partial charge in [-0.25, -0.2) is 9.36 Å². The normalized spacial score (nSPS) is 12.2. The van der Waals surface area contributed by atoms with Gasteiger partial charge in [-0.1, -0.05) is 24.3 Å². The molecule has 0 saturated carbocycles. The highest BCUT2D eigenvalue weighted by Gasteiger charge is 2.25. The van der Waals surface area contributed by atoms with E-state index in [0.29, 0.717) is 29.0 Å². The quantitative estimate of drug-likeness (QED) is 0.421. The lowest BCUT2D eigenvalue weighted by molar-refractivity contribution is -0.124. The van der Waals surface area contributed by atoms with Gasteiger partial charge >= 0.3 is 0 Å². The first kappa shape index (κ1) is 20.9. The fourth-order valence-corrected chi connectivity index (χ4v) is 4.44. The number of thiophene rings is 1. The molecule has 0 radical (unpaired) electrons. The number of aromatic nitrogens is 5. The van der Waals surface area contributed by atoms with Crippen molar-refractivity contribution in [3.63, 3.8) is 0 Å². The van der Waals surface area contributed by atoms with E-state index >= 15 is 0 Å². The summed E-state index contributed by atoms with van der Waals surface area (Å²) in [7, 11) is 0. The fraction of sp³-hybridized carbons (Fsp3) is 0.167. The molecule has 9 heteroatoms. The Hall–Kier alpha value is -3.98. The van der Waals surface area contributed by atoms with Crippen molar-refractivity contribution in [2.24, 2.45) is 0 Å². The highest BCUT2D eigenvalue weighted by atomic mass is 32.1. The number of aryl methyl sites for hydroxylation is 1. The second kappa shape index (κ2) is 8.51. The van der Waals surface area contributed by atoms with Gasteiger partial charge in [0.15, 0.2) is 5.82 Å². The summed E-state index contributed by atoms with van der Waals surface area (Å²) >= 11 is 1.57. The number of hydrogen-bond acceptors (Lipinski definition) is 5. The van der Waals surface area contributed by atoms with E-state index in [-0.39, 0.29) is 11.5 Å². The molecular formula is C24H22N6O2S. The Kier molecular flexibility index (Phi) is 5.39. The van der Waals surface area contributed by atoms with Gasteiger partial charge in [0.25, 0.3) is 5.56 Å². The zero-order valence-electron chi connectivity index (χ0n) is 18.2. The summed E-state index contributed by atoms with van der Waals surface area (Å²) in [6.07, 6.45) is 3.74. The molecule has 33 heavy (non-hydrogen) atoms. The number of carbonyl (C=O) groups excluding carboxylic acids is 1. The maximum absolute atomic E-state index is 13.7. The van der Waals surface area contributed by atoms with Gasteiger partial charge < -0.3 is 9.88 Å². The summed E-state index contributed by atoms with van der Waals surface area (Å²) in [4.78, 5) is 27.6. The van der Waals surface area contributed by atoms with Crippen molar-refractivity contribution in [2.45, 2.75) is 26.4 Å². The molecule has 0 fully saturated rings. The highest BCUT2D eigenvalue weighted by Crippen LogP contribution is 2.25. The molecular weight excluding hydrogens is 436 g/mol. The number of nitrogens with zero attached hydrogens (tertiary/aromatic N) is 5. The summed E-state index contributed by atoms with van der Waals surface area (Å²) in [5.74, 6) is 0.339. The van der Waals surface area contributed by atoms with Crippen LogP contribution in [-0.2, 0) is 11.3 Å². The largest absolute Gasteiger partial charge is 0.349 e. The Balaban J connectivity index is 1.64. The molecule has 0 unspecified atom stereocenters. The number of benzene rings is 1. The van der Waals surface area contributed by atoms with E-state index in [1.54, 1.807) is 29.9 Å². The third kappa shape index (κ3) is 3.76. The minimum absolute atomic E-state index is 0.269. The molecule has 4 aromatic heterocycles. The number of hydrogen-bond donors (Lipinski definition) is 1. The van der Waals surface area contributed by atoms with Gasteiger partial charge in [-0.3, -0.25) is 9.59 Å². The van der Waals surface area contributed by atoms with Crippen LogP contribution in [0.25, 0.3) is 22.4 Å². The van der Waals surface area contributed by atoms with Crippen molar-refractivity contribution < 1.29 is 4.79 Å². The average Bonchev–Trinajstić information content (AvgIpc) is 3.60. The minimum Gasteiger partial charge on any atom is -0.349 e. The second-order valence-corrected chi connectivity index (χ2v) is 8.73. The molecule has 5 aromatic rings. The molecule has 1 amide bonds. The Morgan fingerprint density at radius 3 is 2.52 bits per heavy atom. The molecule has 1 aromatic carbocycles. The SMILES string of the molecule is Cc1nn([C@@H](C)C(=O)NCc2cccs2)c(=O)c2c(-n3cccc3)n(-c3ccccc3)nc12. The number of nitrogens with one attached hydrogen (secondary N) is 1. The Morgan fingerprint density at radius 1 is 1.06 bits per heavy atom. The Morgan fingerprint density at radius 2 is 1.82 bits per heavy atom. The molecule has 5 rings (SSSR count). The summed E-state index contributed by atoms with van der Waals surface area (Å²) in [5.41, 5.74) is 1.55. The van der Waals surface area contributed by atoms with Crippen LogP contribution in [0, 0.1) is 6.92 Å². The third-order valence-corrected chi connectivity index (χ3v) is 6.37.